The van der Waals surface area contributed by atoms with Crippen LogP contribution in [0.3, 0.4) is 0 Å². The highest BCUT2D eigenvalue weighted by atomic mass is 32.1. The van der Waals surface area contributed by atoms with E-state index < -0.39 is 0 Å². The van der Waals surface area contributed by atoms with Crippen molar-refractivity contribution in [3.8, 4) is 0 Å². The predicted octanol–water partition coefficient (Wildman–Crippen LogP) is 2.77. The van der Waals surface area contributed by atoms with Crippen molar-refractivity contribution in [1.29, 1.82) is 0 Å². The van der Waals surface area contributed by atoms with Gasteiger partial charge in [-0.1, -0.05) is 6.07 Å². The summed E-state index contributed by atoms with van der Waals surface area (Å²) in [6.45, 7) is 2.42. The van der Waals surface area contributed by atoms with Crippen LogP contribution in [0.4, 0.5) is 5.00 Å². The van der Waals surface area contributed by atoms with Gasteiger partial charge in [0.05, 0.1) is 9.88 Å². The smallest absolute Gasteiger partial charge is 0.261 e. The van der Waals surface area contributed by atoms with Gasteiger partial charge in [-0.15, -0.1) is 11.3 Å². The molecule has 0 aliphatic heterocycles. The number of aromatic nitrogens is 1. The number of amides is 2. The maximum atomic E-state index is 12.3. The summed E-state index contributed by atoms with van der Waals surface area (Å²) in [6, 6.07) is 7.60. The van der Waals surface area contributed by atoms with Gasteiger partial charge in [-0.3, -0.25) is 14.6 Å². The Morgan fingerprint density at radius 3 is 2.87 bits per heavy atom. The molecular weight excluding hydrogens is 310 g/mol. The van der Waals surface area contributed by atoms with Crippen LogP contribution in [0.15, 0.2) is 30.5 Å². The fourth-order valence-electron chi connectivity index (χ4n) is 2.27. The molecule has 23 heavy (non-hydrogen) atoms. The van der Waals surface area contributed by atoms with Gasteiger partial charge < -0.3 is 10.6 Å². The van der Waals surface area contributed by atoms with E-state index in [1.165, 1.54) is 11.3 Å². The van der Waals surface area contributed by atoms with Crippen molar-refractivity contribution in [2.24, 2.45) is 5.92 Å². The minimum Gasteiger partial charge on any atom is -0.351 e. The molecule has 2 heterocycles. The first-order chi connectivity index (χ1) is 11.1. The third-order valence-electron chi connectivity index (χ3n) is 3.71. The number of nitrogens with one attached hydrogen (secondary N) is 2. The molecule has 0 atom stereocenters. The Balaban J connectivity index is 1.54. The minimum atomic E-state index is -0.102. The van der Waals surface area contributed by atoms with Gasteiger partial charge in [0, 0.05) is 30.8 Å². The highest BCUT2D eigenvalue weighted by Gasteiger charge is 2.30. The van der Waals surface area contributed by atoms with Gasteiger partial charge in [0.1, 0.15) is 0 Å². The average molecular weight is 329 g/mol. The summed E-state index contributed by atoms with van der Waals surface area (Å²) in [5.74, 6) is 0.122. The van der Waals surface area contributed by atoms with Crippen LogP contribution in [0.25, 0.3) is 0 Å². The molecule has 5 nitrogen and oxygen atoms in total. The van der Waals surface area contributed by atoms with Crippen LogP contribution in [0.2, 0.25) is 0 Å². The Hall–Kier alpha value is -2.21. The number of thiophene rings is 1. The summed E-state index contributed by atoms with van der Waals surface area (Å²) < 4.78 is 0. The van der Waals surface area contributed by atoms with Crippen LogP contribution >= 0.6 is 11.3 Å². The van der Waals surface area contributed by atoms with E-state index in [2.05, 4.69) is 15.6 Å². The topological polar surface area (TPSA) is 71.1 Å². The Kier molecular flexibility index (Phi) is 4.71. The van der Waals surface area contributed by atoms with E-state index in [-0.39, 0.29) is 17.7 Å². The molecule has 2 aromatic heterocycles. The molecule has 0 aromatic carbocycles. The summed E-state index contributed by atoms with van der Waals surface area (Å²) in [7, 11) is 0. The second kappa shape index (κ2) is 6.91. The second-order valence-corrected chi connectivity index (χ2v) is 6.77. The molecule has 1 aliphatic carbocycles. The summed E-state index contributed by atoms with van der Waals surface area (Å²) in [4.78, 5) is 28.9. The van der Waals surface area contributed by atoms with Crippen LogP contribution < -0.4 is 10.6 Å². The summed E-state index contributed by atoms with van der Waals surface area (Å²) in [5, 5.41) is 6.54. The van der Waals surface area contributed by atoms with Crippen molar-refractivity contribution in [3.05, 3.63) is 46.6 Å². The number of nitrogens with zero attached hydrogens (tertiary/aromatic N) is 1. The average Bonchev–Trinajstić information content (AvgIpc) is 3.32. The second-order valence-electron chi connectivity index (χ2n) is 5.71. The first-order valence-corrected chi connectivity index (χ1v) is 8.54. The number of carbonyl (C=O) groups excluding carboxylic acids is 2. The molecular formula is C17H19N3O2S. The number of anilines is 1. The van der Waals surface area contributed by atoms with Crippen molar-refractivity contribution in [3.63, 3.8) is 0 Å². The van der Waals surface area contributed by atoms with E-state index in [0.717, 1.165) is 29.1 Å². The number of aryl methyl sites for hydroxylation is 1. The molecule has 120 valence electrons. The van der Waals surface area contributed by atoms with Crippen LogP contribution in [0, 0.1) is 12.8 Å². The minimum absolute atomic E-state index is 0.0633. The lowest BCUT2D eigenvalue weighted by Crippen LogP contribution is -2.25. The first kappa shape index (κ1) is 15.7. The largest absolute Gasteiger partial charge is 0.351 e. The first-order valence-electron chi connectivity index (χ1n) is 7.73. The van der Waals surface area contributed by atoms with Gasteiger partial charge >= 0.3 is 0 Å². The molecule has 2 amide bonds. The van der Waals surface area contributed by atoms with Gasteiger partial charge in [0.15, 0.2) is 0 Å². The van der Waals surface area contributed by atoms with Gasteiger partial charge in [-0.05, 0) is 43.5 Å². The lowest BCUT2D eigenvalue weighted by Gasteiger charge is -2.04. The quantitative estimate of drug-likeness (QED) is 0.856. The Morgan fingerprint density at radius 2 is 2.17 bits per heavy atom. The molecule has 1 saturated carbocycles. The Morgan fingerprint density at radius 1 is 1.35 bits per heavy atom. The zero-order valence-corrected chi connectivity index (χ0v) is 13.8. The molecule has 1 aliphatic rings. The third kappa shape index (κ3) is 4.16. The fraction of sp³-hybridized carbons (Fsp3) is 0.353. The van der Waals surface area contributed by atoms with Crippen LogP contribution in [0.1, 0.15) is 33.8 Å². The van der Waals surface area contributed by atoms with Crippen molar-refractivity contribution in [2.45, 2.75) is 26.2 Å². The number of hydrogen-bond acceptors (Lipinski definition) is 4. The van der Waals surface area contributed by atoms with E-state index in [0.29, 0.717) is 17.8 Å². The van der Waals surface area contributed by atoms with Crippen molar-refractivity contribution in [2.75, 3.05) is 11.9 Å². The van der Waals surface area contributed by atoms with Crippen molar-refractivity contribution in [1.82, 2.24) is 10.3 Å². The highest BCUT2D eigenvalue weighted by molar-refractivity contribution is 7.18. The molecule has 6 heteroatoms. The van der Waals surface area contributed by atoms with Gasteiger partial charge in [-0.2, -0.15) is 0 Å². The lowest BCUT2D eigenvalue weighted by molar-refractivity contribution is -0.117. The zero-order chi connectivity index (χ0) is 16.2. The molecule has 2 N–H and O–H groups in total. The summed E-state index contributed by atoms with van der Waals surface area (Å²) in [5.41, 5.74) is 1.84. The monoisotopic (exact) mass is 329 g/mol. The lowest BCUT2D eigenvalue weighted by atomic mass is 10.2. The molecule has 1 fully saturated rings. The number of rotatable bonds is 6. The number of carbonyl (C=O) groups is 2. The molecule has 3 rings (SSSR count). The standard InChI is InChI=1S/C17H19N3O2S/c1-11-10-14(20-16(21)12-5-6-12)23-15(11)17(22)19-9-7-13-4-2-3-8-18-13/h2-4,8,10,12H,5-7,9H2,1H3,(H,19,22)(H,20,21). The predicted molar refractivity (Wildman–Crippen MR) is 90.7 cm³/mol. The van der Waals surface area contributed by atoms with Crippen LogP contribution in [-0.4, -0.2) is 23.3 Å². The van der Waals surface area contributed by atoms with Crippen molar-refractivity contribution >= 4 is 28.2 Å². The Bertz CT molecular complexity index is 708. The maximum absolute atomic E-state index is 12.3. The SMILES string of the molecule is Cc1cc(NC(=O)C2CC2)sc1C(=O)NCCc1ccccn1. The molecule has 0 saturated heterocycles. The summed E-state index contributed by atoms with van der Waals surface area (Å²) >= 11 is 1.33. The molecule has 0 unspecified atom stereocenters. The van der Waals surface area contributed by atoms with E-state index >= 15 is 0 Å². The molecule has 2 aromatic rings. The van der Waals surface area contributed by atoms with E-state index in [1.54, 1.807) is 6.20 Å². The van der Waals surface area contributed by atoms with E-state index in [9.17, 15) is 9.59 Å². The van der Waals surface area contributed by atoms with Crippen LogP contribution in [0.5, 0.6) is 0 Å². The van der Waals surface area contributed by atoms with E-state index in [4.69, 9.17) is 0 Å². The van der Waals surface area contributed by atoms with E-state index in [1.807, 2.05) is 31.2 Å². The van der Waals surface area contributed by atoms with Gasteiger partial charge in [0.25, 0.3) is 5.91 Å². The summed E-state index contributed by atoms with van der Waals surface area (Å²) in [6.07, 6.45) is 4.38. The third-order valence-corrected chi connectivity index (χ3v) is 4.86. The fourth-order valence-corrected chi connectivity index (χ4v) is 3.26. The molecule has 0 spiro atoms. The number of hydrogen-bond donors (Lipinski definition) is 2. The number of pyridine rings is 1. The maximum Gasteiger partial charge on any atom is 0.261 e. The molecule has 0 radical (unpaired) electrons. The Labute approximate surface area is 139 Å². The molecule has 0 bridgehead atoms. The van der Waals surface area contributed by atoms with Crippen LogP contribution in [-0.2, 0) is 11.2 Å². The normalized spacial score (nSPS) is 13.6. The van der Waals surface area contributed by atoms with Crippen molar-refractivity contribution < 1.29 is 9.59 Å². The highest BCUT2D eigenvalue weighted by Crippen LogP contribution is 2.32. The van der Waals surface area contributed by atoms with Gasteiger partial charge in [0.2, 0.25) is 5.91 Å². The van der Waals surface area contributed by atoms with Gasteiger partial charge in [-0.25, -0.2) is 0 Å². The zero-order valence-electron chi connectivity index (χ0n) is 13.0.